The molecular weight excluding hydrogens is 600 g/mol. The van der Waals surface area contributed by atoms with Crippen LogP contribution in [-0.2, 0) is 25.6 Å². The quantitative estimate of drug-likeness (QED) is 0.225. The van der Waals surface area contributed by atoms with E-state index in [0.717, 1.165) is 11.1 Å². The lowest BCUT2D eigenvalue weighted by Gasteiger charge is -2.23. The highest BCUT2D eigenvalue weighted by atomic mass is 35.5. The Bertz CT molecular complexity index is 1880. The van der Waals surface area contributed by atoms with Crippen molar-refractivity contribution in [1.82, 2.24) is 24.4 Å². The summed E-state index contributed by atoms with van der Waals surface area (Å²) in [6.45, 7) is 3.75. The second-order valence-corrected chi connectivity index (χ2v) is 11.0. The summed E-state index contributed by atoms with van der Waals surface area (Å²) in [6.07, 6.45) is -4.22. The molecule has 2 aromatic carbocycles. The maximum absolute atomic E-state index is 14.4. The second kappa shape index (κ2) is 10.0. The van der Waals surface area contributed by atoms with Crippen molar-refractivity contribution in [2.45, 2.75) is 39.4 Å². The van der Waals surface area contributed by atoms with E-state index in [9.17, 15) is 18.0 Å². The first-order valence-corrected chi connectivity index (χ1v) is 13.6. The lowest BCUT2D eigenvalue weighted by Crippen LogP contribution is -2.21. The normalized spacial score (nSPS) is 12.9. The standard InChI is InChI=1S/C28H20Cl3F3N6O/c1-13-22(14(2)39(37-13)12-16-7-9-17(29)11-20(16)30)36-27(41)24-21(31)26-35-23-18-6-4-3-5-15(18)8-10-19(23)25(28(32,33)34)40(26)38-24/h3-7,9,11H,8,10,12H2,1-2H3,(H,36,41). The van der Waals surface area contributed by atoms with Gasteiger partial charge < -0.3 is 5.32 Å². The molecule has 0 bridgehead atoms. The summed E-state index contributed by atoms with van der Waals surface area (Å²) < 4.78 is 45.6. The monoisotopic (exact) mass is 618 g/mol. The highest BCUT2D eigenvalue weighted by Crippen LogP contribution is 2.42. The van der Waals surface area contributed by atoms with Crippen LogP contribution in [0.1, 0.15) is 44.3 Å². The Morgan fingerprint density at radius 3 is 2.54 bits per heavy atom. The number of fused-ring (bicyclic) bond motifs is 4. The lowest BCUT2D eigenvalue weighted by molar-refractivity contribution is -0.143. The third-order valence-corrected chi connectivity index (χ3v) is 8.10. The van der Waals surface area contributed by atoms with E-state index >= 15 is 0 Å². The molecule has 3 heterocycles. The molecule has 41 heavy (non-hydrogen) atoms. The molecule has 7 nitrogen and oxygen atoms in total. The Morgan fingerprint density at radius 2 is 1.80 bits per heavy atom. The van der Waals surface area contributed by atoms with Crippen molar-refractivity contribution in [3.05, 3.63) is 97.0 Å². The van der Waals surface area contributed by atoms with Crippen molar-refractivity contribution < 1.29 is 18.0 Å². The molecule has 0 saturated carbocycles. The second-order valence-electron chi connectivity index (χ2n) is 9.73. The number of nitrogens with zero attached hydrogens (tertiary/aromatic N) is 5. The van der Waals surface area contributed by atoms with Gasteiger partial charge in [0, 0.05) is 21.2 Å². The van der Waals surface area contributed by atoms with Crippen molar-refractivity contribution >= 4 is 52.0 Å². The van der Waals surface area contributed by atoms with Crippen LogP contribution in [0.2, 0.25) is 15.1 Å². The molecular formula is C28H20Cl3F3N6O. The summed E-state index contributed by atoms with van der Waals surface area (Å²) in [5.74, 6) is -0.790. The van der Waals surface area contributed by atoms with E-state index < -0.39 is 17.8 Å². The predicted molar refractivity (Wildman–Crippen MR) is 151 cm³/mol. The maximum atomic E-state index is 14.4. The molecule has 210 valence electrons. The van der Waals surface area contributed by atoms with E-state index in [1.54, 1.807) is 48.9 Å². The number of hydrogen-bond acceptors (Lipinski definition) is 4. The van der Waals surface area contributed by atoms with E-state index in [-0.39, 0.29) is 34.0 Å². The summed E-state index contributed by atoms with van der Waals surface area (Å²) in [4.78, 5) is 17.9. The SMILES string of the molecule is Cc1nn(Cc2ccc(Cl)cc2Cl)c(C)c1NC(=O)c1nn2c(C(F)(F)F)c3c(nc2c1Cl)-c1ccccc1CC3. The average Bonchev–Trinajstić information content (AvgIpc) is 3.38. The van der Waals surface area contributed by atoms with Crippen LogP contribution in [0, 0.1) is 13.8 Å². The first-order chi connectivity index (χ1) is 19.4. The molecule has 0 unspecified atom stereocenters. The molecule has 0 atom stereocenters. The van der Waals surface area contributed by atoms with E-state index in [1.165, 1.54) is 0 Å². The molecule has 0 saturated heterocycles. The Kier molecular flexibility index (Phi) is 6.75. The van der Waals surface area contributed by atoms with Gasteiger partial charge in [-0.2, -0.15) is 23.4 Å². The Morgan fingerprint density at radius 1 is 1.05 bits per heavy atom. The highest BCUT2D eigenvalue weighted by Gasteiger charge is 2.41. The van der Waals surface area contributed by atoms with E-state index in [0.29, 0.717) is 50.2 Å². The molecule has 0 spiro atoms. The van der Waals surface area contributed by atoms with Gasteiger partial charge in [0.2, 0.25) is 0 Å². The van der Waals surface area contributed by atoms with Gasteiger partial charge in [-0.15, -0.1) is 0 Å². The zero-order chi connectivity index (χ0) is 29.2. The van der Waals surface area contributed by atoms with Crippen LogP contribution < -0.4 is 5.32 Å². The fraction of sp³-hybridized carbons (Fsp3) is 0.214. The molecule has 6 rings (SSSR count). The number of rotatable bonds is 4. The van der Waals surface area contributed by atoms with Crippen LogP contribution in [0.3, 0.4) is 0 Å². The average molecular weight is 620 g/mol. The number of alkyl halides is 3. The van der Waals surface area contributed by atoms with Gasteiger partial charge in [-0.3, -0.25) is 9.48 Å². The summed E-state index contributed by atoms with van der Waals surface area (Å²) in [6, 6.07) is 12.3. The molecule has 0 aliphatic heterocycles. The minimum atomic E-state index is -4.77. The number of aromatic nitrogens is 5. The lowest BCUT2D eigenvalue weighted by atomic mass is 9.88. The summed E-state index contributed by atoms with van der Waals surface area (Å²) in [7, 11) is 0. The van der Waals surface area contributed by atoms with Gasteiger partial charge in [-0.25, -0.2) is 9.50 Å². The van der Waals surface area contributed by atoms with Crippen molar-refractivity contribution in [2.24, 2.45) is 0 Å². The number of halogens is 6. The molecule has 0 radical (unpaired) electrons. The largest absolute Gasteiger partial charge is 0.433 e. The van der Waals surface area contributed by atoms with Gasteiger partial charge in [-0.1, -0.05) is 65.1 Å². The summed E-state index contributed by atoms with van der Waals surface area (Å²) in [5.41, 5.74) is 2.31. The number of amides is 1. The van der Waals surface area contributed by atoms with Crippen LogP contribution in [0.15, 0.2) is 42.5 Å². The number of carbonyl (C=O) groups excluding carboxylic acids is 1. The maximum Gasteiger partial charge on any atom is 0.433 e. The molecule has 13 heteroatoms. The smallest absolute Gasteiger partial charge is 0.317 e. The fourth-order valence-corrected chi connectivity index (χ4v) is 5.91. The zero-order valence-corrected chi connectivity index (χ0v) is 23.8. The number of anilines is 1. The number of aryl methyl sites for hydroxylation is 2. The number of hydrogen-bond donors (Lipinski definition) is 1. The molecule has 3 aromatic heterocycles. The fourth-order valence-electron chi connectivity index (χ4n) is 5.20. The highest BCUT2D eigenvalue weighted by molar-refractivity contribution is 6.37. The minimum absolute atomic E-state index is 0.0173. The molecule has 1 amide bonds. The van der Waals surface area contributed by atoms with Gasteiger partial charge in [0.25, 0.3) is 5.91 Å². The van der Waals surface area contributed by atoms with E-state index in [2.05, 4.69) is 20.5 Å². The number of nitrogens with one attached hydrogen (secondary N) is 1. The van der Waals surface area contributed by atoms with Crippen LogP contribution >= 0.6 is 34.8 Å². The third-order valence-electron chi connectivity index (χ3n) is 7.16. The Hall–Kier alpha value is -3.60. The first kappa shape index (κ1) is 27.6. The van der Waals surface area contributed by atoms with Gasteiger partial charge in [0.1, 0.15) is 5.02 Å². The number of carbonyl (C=O) groups is 1. The van der Waals surface area contributed by atoms with E-state index in [1.807, 2.05) is 12.1 Å². The topological polar surface area (TPSA) is 77.1 Å². The Labute approximate surface area is 246 Å². The van der Waals surface area contributed by atoms with Crippen LogP contribution in [-0.4, -0.2) is 30.3 Å². The third kappa shape index (κ3) is 4.73. The number of benzene rings is 2. The Balaban J connectivity index is 1.40. The van der Waals surface area contributed by atoms with Gasteiger partial charge in [0.15, 0.2) is 17.0 Å². The molecule has 1 N–H and O–H groups in total. The van der Waals surface area contributed by atoms with Crippen molar-refractivity contribution in [1.29, 1.82) is 0 Å². The predicted octanol–water partition coefficient (Wildman–Crippen LogP) is 7.59. The minimum Gasteiger partial charge on any atom is -0.317 e. The van der Waals surface area contributed by atoms with Gasteiger partial charge in [-0.05, 0) is 49.9 Å². The van der Waals surface area contributed by atoms with Crippen LogP contribution in [0.5, 0.6) is 0 Å². The van der Waals surface area contributed by atoms with Crippen molar-refractivity contribution in [3.63, 3.8) is 0 Å². The van der Waals surface area contributed by atoms with Gasteiger partial charge in [0.05, 0.1) is 29.3 Å². The molecule has 0 fully saturated rings. The molecule has 5 aromatic rings. The van der Waals surface area contributed by atoms with Crippen LogP contribution in [0.4, 0.5) is 18.9 Å². The van der Waals surface area contributed by atoms with E-state index in [4.69, 9.17) is 34.8 Å². The van der Waals surface area contributed by atoms with Gasteiger partial charge >= 0.3 is 6.18 Å². The van der Waals surface area contributed by atoms with Crippen LogP contribution in [0.25, 0.3) is 16.9 Å². The van der Waals surface area contributed by atoms with Crippen molar-refractivity contribution in [3.8, 4) is 11.3 Å². The first-order valence-electron chi connectivity index (χ1n) is 12.5. The molecule has 1 aliphatic rings. The summed E-state index contributed by atoms with van der Waals surface area (Å²) >= 11 is 18.8. The summed E-state index contributed by atoms with van der Waals surface area (Å²) in [5, 5.41) is 11.9. The zero-order valence-electron chi connectivity index (χ0n) is 21.6. The molecule has 1 aliphatic carbocycles. The van der Waals surface area contributed by atoms with Crippen molar-refractivity contribution in [2.75, 3.05) is 5.32 Å².